The minimum Gasteiger partial charge on any atom is -0.354 e. The average Bonchev–Trinajstić information content (AvgIpc) is 3.16. The van der Waals surface area contributed by atoms with Gasteiger partial charge in [0.25, 0.3) is 5.95 Å². The summed E-state index contributed by atoms with van der Waals surface area (Å²) in [5.41, 5.74) is 1.02. The van der Waals surface area contributed by atoms with Crippen LogP contribution in [0.1, 0.15) is 18.2 Å². The molecule has 21 heavy (non-hydrogen) atoms. The maximum Gasteiger partial charge on any atom is 0.257 e. The molecule has 7 nitrogen and oxygen atoms in total. The van der Waals surface area contributed by atoms with Gasteiger partial charge in [-0.15, -0.1) is 11.3 Å². The van der Waals surface area contributed by atoms with Crippen molar-refractivity contribution in [1.82, 2.24) is 29.7 Å². The van der Waals surface area contributed by atoms with Gasteiger partial charge in [-0.3, -0.25) is 0 Å². The van der Waals surface area contributed by atoms with Crippen molar-refractivity contribution in [3.63, 3.8) is 0 Å². The number of hydrogen-bond acceptors (Lipinski definition) is 7. The number of anilines is 1. The Kier molecular flexibility index (Phi) is 3.87. The first kappa shape index (κ1) is 13.6. The highest BCUT2D eigenvalue weighted by molar-refractivity contribution is 7.10. The topological polar surface area (TPSA) is 81.4 Å². The van der Waals surface area contributed by atoms with Crippen molar-refractivity contribution in [2.45, 2.75) is 20.3 Å². The number of nitrogens with one attached hydrogen (secondary N) is 1. The second-order valence-corrected chi connectivity index (χ2v) is 5.56. The number of aromatic nitrogens is 6. The molecule has 0 aliphatic rings. The first-order chi connectivity index (χ1) is 10.3. The summed E-state index contributed by atoms with van der Waals surface area (Å²) in [4.78, 5) is 18.5. The lowest BCUT2D eigenvalue weighted by Gasteiger charge is -2.07. The summed E-state index contributed by atoms with van der Waals surface area (Å²) in [7, 11) is 0. The Morgan fingerprint density at radius 1 is 1.29 bits per heavy atom. The largest absolute Gasteiger partial charge is 0.354 e. The molecule has 0 bridgehead atoms. The Labute approximate surface area is 126 Å². The van der Waals surface area contributed by atoms with E-state index in [-0.39, 0.29) is 0 Å². The minimum atomic E-state index is 0.460. The van der Waals surface area contributed by atoms with Gasteiger partial charge in [0.05, 0.1) is 0 Å². The van der Waals surface area contributed by atoms with Crippen molar-refractivity contribution in [2.75, 3.05) is 11.9 Å². The van der Waals surface area contributed by atoms with E-state index in [4.69, 9.17) is 0 Å². The van der Waals surface area contributed by atoms with Gasteiger partial charge in [-0.1, -0.05) is 6.92 Å². The lowest BCUT2D eigenvalue weighted by Crippen LogP contribution is -2.11. The van der Waals surface area contributed by atoms with Gasteiger partial charge in [-0.05, 0) is 24.8 Å². The molecular weight excluding hydrogens is 286 g/mol. The SMILES string of the molecule is CCCNc1nc(-c2ccsc2C)nc(-n2cncn2)n1. The van der Waals surface area contributed by atoms with Gasteiger partial charge < -0.3 is 5.32 Å². The van der Waals surface area contributed by atoms with Crippen LogP contribution in [0.25, 0.3) is 17.3 Å². The molecule has 8 heteroatoms. The molecular formula is C13H15N7S. The first-order valence-corrected chi connectivity index (χ1v) is 7.55. The second-order valence-electron chi connectivity index (χ2n) is 4.44. The fourth-order valence-corrected chi connectivity index (χ4v) is 2.53. The predicted octanol–water partition coefficient (Wildman–Crippen LogP) is 2.31. The predicted molar refractivity (Wildman–Crippen MR) is 81.6 cm³/mol. The van der Waals surface area contributed by atoms with E-state index < -0.39 is 0 Å². The number of aryl methyl sites for hydroxylation is 1. The third kappa shape index (κ3) is 2.89. The van der Waals surface area contributed by atoms with Crippen molar-refractivity contribution >= 4 is 17.3 Å². The molecule has 0 amide bonds. The zero-order valence-electron chi connectivity index (χ0n) is 11.8. The molecule has 3 aromatic rings. The normalized spacial score (nSPS) is 10.8. The molecule has 0 unspecified atom stereocenters. The smallest absolute Gasteiger partial charge is 0.257 e. The van der Waals surface area contributed by atoms with E-state index in [1.54, 1.807) is 17.7 Å². The second kappa shape index (κ2) is 5.96. The molecule has 0 fully saturated rings. The van der Waals surface area contributed by atoms with Gasteiger partial charge in [0.1, 0.15) is 12.7 Å². The number of hydrogen-bond donors (Lipinski definition) is 1. The van der Waals surface area contributed by atoms with Crippen LogP contribution in [0.2, 0.25) is 0 Å². The number of rotatable bonds is 5. The monoisotopic (exact) mass is 301 g/mol. The van der Waals surface area contributed by atoms with Crippen LogP contribution in [-0.4, -0.2) is 36.3 Å². The average molecular weight is 301 g/mol. The summed E-state index contributed by atoms with van der Waals surface area (Å²) >= 11 is 1.67. The van der Waals surface area contributed by atoms with Crippen LogP contribution < -0.4 is 5.32 Å². The number of nitrogens with zero attached hydrogens (tertiary/aromatic N) is 6. The van der Waals surface area contributed by atoms with Crippen molar-refractivity contribution < 1.29 is 0 Å². The first-order valence-electron chi connectivity index (χ1n) is 6.67. The summed E-state index contributed by atoms with van der Waals surface area (Å²) in [6.45, 7) is 4.96. The van der Waals surface area contributed by atoms with Crippen molar-refractivity contribution in [3.05, 3.63) is 29.0 Å². The van der Waals surface area contributed by atoms with E-state index in [0.29, 0.717) is 17.7 Å². The van der Waals surface area contributed by atoms with Gasteiger partial charge >= 0.3 is 0 Å². The molecule has 1 N–H and O–H groups in total. The molecule has 3 heterocycles. The summed E-state index contributed by atoms with van der Waals surface area (Å²) in [5, 5.41) is 9.31. The van der Waals surface area contributed by atoms with Crippen molar-refractivity contribution in [2.24, 2.45) is 0 Å². The zero-order chi connectivity index (χ0) is 14.7. The Bertz CT molecular complexity index is 720. The molecule has 0 saturated carbocycles. The van der Waals surface area contributed by atoms with Crippen molar-refractivity contribution in [3.8, 4) is 17.3 Å². The Hall–Kier alpha value is -2.35. The fraction of sp³-hybridized carbons (Fsp3) is 0.308. The maximum absolute atomic E-state index is 4.50. The molecule has 3 rings (SSSR count). The lowest BCUT2D eigenvalue weighted by molar-refractivity contribution is 0.794. The highest BCUT2D eigenvalue weighted by atomic mass is 32.1. The van der Waals surface area contributed by atoms with Crippen LogP contribution >= 0.6 is 11.3 Å². The van der Waals surface area contributed by atoms with E-state index in [1.807, 2.05) is 11.4 Å². The molecule has 0 saturated heterocycles. The Morgan fingerprint density at radius 2 is 2.19 bits per heavy atom. The van der Waals surface area contributed by atoms with Gasteiger partial charge in [-0.25, -0.2) is 4.98 Å². The van der Waals surface area contributed by atoms with Crippen LogP contribution in [0.15, 0.2) is 24.1 Å². The Balaban J connectivity index is 2.07. The molecule has 0 spiro atoms. The van der Waals surface area contributed by atoms with Crippen molar-refractivity contribution in [1.29, 1.82) is 0 Å². The van der Waals surface area contributed by atoms with Crippen LogP contribution in [0.3, 0.4) is 0 Å². The van der Waals surface area contributed by atoms with E-state index in [2.05, 4.69) is 44.2 Å². The van der Waals surface area contributed by atoms with Gasteiger partial charge in [0.2, 0.25) is 5.95 Å². The quantitative estimate of drug-likeness (QED) is 0.779. The van der Waals surface area contributed by atoms with E-state index in [1.165, 1.54) is 15.9 Å². The van der Waals surface area contributed by atoms with E-state index in [0.717, 1.165) is 18.5 Å². The highest BCUT2D eigenvalue weighted by Crippen LogP contribution is 2.25. The van der Waals surface area contributed by atoms with E-state index in [9.17, 15) is 0 Å². The van der Waals surface area contributed by atoms with Crippen LogP contribution in [0.4, 0.5) is 5.95 Å². The minimum absolute atomic E-state index is 0.460. The molecule has 0 aliphatic heterocycles. The molecule has 0 atom stereocenters. The Morgan fingerprint density at radius 3 is 2.86 bits per heavy atom. The van der Waals surface area contributed by atoms with Crippen LogP contribution in [-0.2, 0) is 0 Å². The molecule has 3 aromatic heterocycles. The number of thiophene rings is 1. The third-order valence-corrected chi connectivity index (χ3v) is 3.73. The zero-order valence-corrected chi connectivity index (χ0v) is 12.6. The maximum atomic E-state index is 4.50. The summed E-state index contributed by atoms with van der Waals surface area (Å²) in [6.07, 6.45) is 4.03. The fourth-order valence-electron chi connectivity index (χ4n) is 1.83. The van der Waals surface area contributed by atoms with Gasteiger partial charge in [0, 0.05) is 17.0 Å². The summed E-state index contributed by atoms with van der Waals surface area (Å²) in [6, 6.07) is 2.02. The van der Waals surface area contributed by atoms with Crippen LogP contribution in [0, 0.1) is 6.92 Å². The molecule has 0 radical (unpaired) electrons. The molecule has 108 valence electrons. The van der Waals surface area contributed by atoms with Crippen LogP contribution in [0.5, 0.6) is 0 Å². The molecule has 0 aromatic carbocycles. The van der Waals surface area contributed by atoms with Gasteiger partial charge in [-0.2, -0.15) is 24.7 Å². The van der Waals surface area contributed by atoms with Gasteiger partial charge in [0.15, 0.2) is 5.82 Å². The third-order valence-electron chi connectivity index (χ3n) is 2.88. The summed E-state index contributed by atoms with van der Waals surface area (Å²) in [5.74, 6) is 1.66. The lowest BCUT2D eigenvalue weighted by atomic mass is 10.2. The van der Waals surface area contributed by atoms with E-state index >= 15 is 0 Å². The highest BCUT2D eigenvalue weighted by Gasteiger charge is 2.12. The summed E-state index contributed by atoms with van der Waals surface area (Å²) < 4.78 is 1.53. The molecule has 0 aliphatic carbocycles. The standard InChI is InChI=1S/C13H15N7S/c1-3-5-15-12-17-11(10-4-6-21-9(10)2)18-13(19-12)20-8-14-7-16-20/h4,6-8H,3,5H2,1-2H3,(H,15,17,18,19).